The summed E-state index contributed by atoms with van der Waals surface area (Å²) in [5.74, 6) is 0. The molecule has 0 unspecified atom stereocenters. The van der Waals surface area contributed by atoms with Gasteiger partial charge in [-0.25, -0.2) is 0 Å². The molecule has 0 atom stereocenters. The summed E-state index contributed by atoms with van der Waals surface area (Å²) in [7, 11) is 0. The minimum absolute atomic E-state index is 0. The van der Waals surface area contributed by atoms with Crippen LogP contribution >= 0.6 is 0 Å². The molecule has 0 aromatic heterocycles. The molecule has 0 saturated heterocycles. The number of nitrogens with zero attached hydrogens (tertiary/aromatic N) is 2. The van der Waals surface area contributed by atoms with E-state index in [-0.39, 0.29) is 118 Å². The van der Waals surface area contributed by atoms with Crippen LogP contribution in [0.25, 0.3) is 0 Å². The van der Waals surface area contributed by atoms with E-state index in [0.29, 0.717) is 0 Å². The van der Waals surface area contributed by atoms with Gasteiger partial charge >= 0.3 is 80.9 Å². The van der Waals surface area contributed by atoms with Crippen molar-refractivity contribution < 1.29 is 118 Å². The van der Waals surface area contributed by atoms with Gasteiger partial charge in [0.05, 0.1) is 0 Å². The van der Waals surface area contributed by atoms with Gasteiger partial charge in [0.1, 0.15) is 0 Å². The van der Waals surface area contributed by atoms with Crippen molar-refractivity contribution in [3.63, 3.8) is 0 Å². The molecule has 0 fully saturated rings. The van der Waals surface area contributed by atoms with Crippen molar-refractivity contribution in [1.29, 1.82) is 10.5 Å². The van der Waals surface area contributed by atoms with Gasteiger partial charge in [0.15, 0.2) is 0 Å². The summed E-state index contributed by atoms with van der Waals surface area (Å²) in [6.07, 6.45) is 0. The predicted molar refractivity (Wildman–Crippen MR) is 12.2 cm³/mol. The molecular formula is C2H2Fe2KN2Na-2. The molecule has 0 radical (unpaired) electrons. The van der Waals surface area contributed by atoms with E-state index in [2.05, 4.69) is 0 Å². The third-order valence-corrected chi connectivity index (χ3v) is 0. The minimum atomic E-state index is 0. The average molecular weight is 228 g/mol. The van der Waals surface area contributed by atoms with Crippen molar-refractivity contribution in [1.82, 2.24) is 0 Å². The van der Waals surface area contributed by atoms with Crippen molar-refractivity contribution in [2.75, 3.05) is 0 Å². The van der Waals surface area contributed by atoms with E-state index >= 15 is 0 Å². The van der Waals surface area contributed by atoms with Crippen LogP contribution in [-0.2, 0) is 34.1 Å². The number of hydrogen-bond donors (Lipinski definition) is 0. The molecule has 6 heteroatoms. The molecule has 0 aliphatic rings. The third-order valence-electron chi connectivity index (χ3n) is 0. The second kappa shape index (κ2) is 103. The van der Waals surface area contributed by atoms with Crippen LogP contribution in [0.5, 0.6) is 0 Å². The van der Waals surface area contributed by atoms with Crippen LogP contribution in [0.4, 0.5) is 0 Å². The molecule has 0 heterocycles. The predicted octanol–water partition coefficient (Wildman–Crippen LogP) is -5.58. The van der Waals surface area contributed by atoms with Gasteiger partial charge in [-0.1, -0.05) is 0 Å². The molecular weight excluding hydrogens is 226 g/mol. The van der Waals surface area contributed by atoms with Gasteiger partial charge < -0.3 is 26.5 Å². The van der Waals surface area contributed by atoms with E-state index in [0.717, 1.165) is 0 Å². The van der Waals surface area contributed by atoms with E-state index in [9.17, 15) is 0 Å². The summed E-state index contributed by atoms with van der Waals surface area (Å²) in [5.41, 5.74) is 0. The molecule has 0 amide bonds. The van der Waals surface area contributed by atoms with Gasteiger partial charge in [-0.3, -0.25) is 0 Å². The maximum absolute atomic E-state index is 6.25. The quantitative estimate of drug-likeness (QED) is 0.306. The summed E-state index contributed by atoms with van der Waals surface area (Å²) in [4.78, 5) is 0. The fourth-order valence-corrected chi connectivity index (χ4v) is 0. The van der Waals surface area contributed by atoms with Crippen LogP contribution in [0.3, 0.4) is 0 Å². The standard InChI is InChI=1S/2CN.2Fe.K.Na.2H/c2*1-2;;;;;;/q2*-1;;;2*+1;2*-1. The fraction of sp³-hybridized carbons (Fsp3) is 0. The van der Waals surface area contributed by atoms with E-state index < -0.39 is 0 Å². The zero-order valence-electron chi connectivity index (χ0n) is 6.60. The molecule has 0 saturated carbocycles. The number of hydrogen-bond acceptors (Lipinski definition) is 2. The maximum atomic E-state index is 6.25. The van der Waals surface area contributed by atoms with Gasteiger partial charge in [-0.05, 0) is 0 Å². The first kappa shape index (κ1) is 45.8. The first-order chi connectivity index (χ1) is 2.00. The largest absolute Gasteiger partial charge is 1.00 e. The average Bonchev–Trinajstić information content (AvgIpc) is 1.50. The molecule has 0 rings (SSSR count). The molecule has 8 heavy (non-hydrogen) atoms. The summed E-state index contributed by atoms with van der Waals surface area (Å²) < 4.78 is 0. The second-order valence-electron chi connectivity index (χ2n) is 0. The van der Waals surface area contributed by atoms with Crippen LogP contribution in [0.2, 0.25) is 0 Å². The monoisotopic (exact) mass is 228 g/mol. The number of rotatable bonds is 0. The van der Waals surface area contributed by atoms with Crippen molar-refractivity contribution in [2.24, 2.45) is 0 Å². The SMILES string of the molecule is [C-]#N.[C-]#N.[Fe].[Fe].[H-].[H-].[K+].[Na+]. The second-order valence-corrected chi connectivity index (χ2v) is 0. The van der Waals surface area contributed by atoms with Gasteiger partial charge in [-0.2, -0.15) is 0 Å². The molecule has 0 spiro atoms. The van der Waals surface area contributed by atoms with E-state index in [1.807, 2.05) is 0 Å². The maximum Gasteiger partial charge on any atom is 1.00 e. The van der Waals surface area contributed by atoms with Crippen LogP contribution in [0, 0.1) is 23.7 Å². The Morgan fingerprint density at radius 2 is 0.875 bits per heavy atom. The molecule has 0 bridgehead atoms. The van der Waals surface area contributed by atoms with Crippen LogP contribution < -0.4 is 80.9 Å². The Bertz CT molecular complexity index is 40.7. The molecule has 0 aliphatic carbocycles. The van der Waals surface area contributed by atoms with Crippen LogP contribution in [0.15, 0.2) is 0 Å². The Morgan fingerprint density at radius 1 is 0.875 bits per heavy atom. The Labute approximate surface area is 138 Å². The summed E-state index contributed by atoms with van der Waals surface area (Å²) >= 11 is 0. The summed E-state index contributed by atoms with van der Waals surface area (Å²) in [5, 5.41) is 12.5. The normalized spacial score (nSPS) is 0.500. The molecule has 0 aliphatic heterocycles. The Morgan fingerprint density at radius 3 is 0.875 bits per heavy atom. The van der Waals surface area contributed by atoms with Crippen molar-refractivity contribution in [3.8, 4) is 0 Å². The van der Waals surface area contributed by atoms with Crippen LogP contribution in [0.1, 0.15) is 2.85 Å². The van der Waals surface area contributed by atoms with Gasteiger partial charge in [0.25, 0.3) is 0 Å². The van der Waals surface area contributed by atoms with Crippen molar-refractivity contribution in [3.05, 3.63) is 13.1 Å². The Balaban J connectivity index is -0.000000000833. The third kappa shape index (κ3) is 71.9. The van der Waals surface area contributed by atoms with E-state index in [1.165, 1.54) is 0 Å². The first-order valence-electron chi connectivity index (χ1n) is 0.447. The molecule has 40 valence electrons. The molecule has 2 nitrogen and oxygen atoms in total. The van der Waals surface area contributed by atoms with Crippen LogP contribution in [-0.4, -0.2) is 0 Å². The minimum Gasteiger partial charge on any atom is -1.00 e. The summed E-state index contributed by atoms with van der Waals surface area (Å²) in [6, 6.07) is 0. The zero-order valence-corrected chi connectivity index (χ0v) is 11.9. The molecule has 0 aromatic rings. The van der Waals surface area contributed by atoms with Gasteiger partial charge in [-0.15, -0.1) is 0 Å². The topological polar surface area (TPSA) is 47.6 Å². The smallest absolute Gasteiger partial charge is 1.00 e. The summed E-state index contributed by atoms with van der Waals surface area (Å²) in [6.45, 7) is 9.50. The van der Waals surface area contributed by atoms with Gasteiger partial charge in [0.2, 0.25) is 0 Å². The van der Waals surface area contributed by atoms with Gasteiger partial charge in [0, 0.05) is 34.1 Å². The zero-order chi connectivity index (χ0) is 4.00. The Hall–Kier alpha value is 2.66. The molecule has 0 N–H and O–H groups in total. The van der Waals surface area contributed by atoms with Crippen molar-refractivity contribution in [2.45, 2.75) is 0 Å². The first-order valence-corrected chi connectivity index (χ1v) is 0.447. The fourth-order valence-electron chi connectivity index (χ4n) is 0. The molecule has 0 aromatic carbocycles. The Kier molecular flexibility index (Phi) is 588. The van der Waals surface area contributed by atoms with Crippen molar-refractivity contribution >= 4 is 0 Å². The van der Waals surface area contributed by atoms with E-state index in [1.54, 1.807) is 0 Å². The van der Waals surface area contributed by atoms with E-state index in [4.69, 9.17) is 23.7 Å².